The summed E-state index contributed by atoms with van der Waals surface area (Å²) in [6.45, 7) is 3.44. The molecule has 4 nitrogen and oxygen atoms in total. The summed E-state index contributed by atoms with van der Waals surface area (Å²) < 4.78 is 0. The lowest BCUT2D eigenvalue weighted by atomic mass is 9.90. The molecule has 88 valence electrons. The largest absolute Gasteiger partial charge is 0.348 e. The minimum absolute atomic E-state index is 0.0856. The molecule has 2 heterocycles. The molecule has 0 aliphatic carbocycles. The van der Waals surface area contributed by atoms with Crippen LogP contribution >= 0.6 is 11.3 Å². The number of carbonyl (C=O) groups is 1. The molecule has 1 amide bonds. The number of piperidine rings is 1. The number of nitrogens with zero attached hydrogens (tertiary/aromatic N) is 1. The van der Waals surface area contributed by atoms with E-state index in [4.69, 9.17) is 0 Å². The van der Waals surface area contributed by atoms with Gasteiger partial charge >= 0.3 is 0 Å². The van der Waals surface area contributed by atoms with Gasteiger partial charge in [-0.1, -0.05) is 0 Å². The maximum Gasteiger partial charge on any atom is 0.240 e. The van der Waals surface area contributed by atoms with Gasteiger partial charge in [-0.05, 0) is 32.7 Å². The molecule has 1 fully saturated rings. The first-order valence-corrected chi connectivity index (χ1v) is 6.50. The molecule has 0 radical (unpaired) electrons. The molecule has 1 saturated heterocycles. The van der Waals surface area contributed by atoms with Crippen LogP contribution in [0.1, 0.15) is 31.2 Å². The Morgan fingerprint density at radius 2 is 2.56 bits per heavy atom. The number of thiazole rings is 1. The van der Waals surface area contributed by atoms with Gasteiger partial charge in [0.05, 0.1) is 12.1 Å². The van der Waals surface area contributed by atoms with Crippen LogP contribution in [0.3, 0.4) is 0 Å². The Bertz CT molecular complexity index is 344. The summed E-state index contributed by atoms with van der Waals surface area (Å²) in [7, 11) is 0. The van der Waals surface area contributed by atoms with Gasteiger partial charge in [-0.15, -0.1) is 11.3 Å². The topological polar surface area (TPSA) is 54.0 Å². The Hall–Kier alpha value is -0.940. The molecule has 0 bridgehead atoms. The number of hydrogen-bond acceptors (Lipinski definition) is 4. The van der Waals surface area contributed by atoms with E-state index in [0.29, 0.717) is 6.54 Å². The zero-order chi connectivity index (χ0) is 11.4. The maximum atomic E-state index is 12.0. The van der Waals surface area contributed by atoms with E-state index >= 15 is 0 Å². The fourth-order valence-electron chi connectivity index (χ4n) is 1.94. The predicted octanol–water partition coefficient (Wildman–Crippen LogP) is 1.29. The van der Waals surface area contributed by atoms with Gasteiger partial charge in [0.15, 0.2) is 0 Å². The van der Waals surface area contributed by atoms with Crippen LogP contribution in [-0.4, -0.2) is 23.0 Å². The molecule has 16 heavy (non-hydrogen) atoms. The summed E-state index contributed by atoms with van der Waals surface area (Å²) >= 11 is 1.56. The Labute approximate surface area is 99.5 Å². The second kappa shape index (κ2) is 4.93. The molecule has 1 aromatic heterocycles. The van der Waals surface area contributed by atoms with E-state index < -0.39 is 5.54 Å². The highest BCUT2D eigenvalue weighted by Gasteiger charge is 2.33. The van der Waals surface area contributed by atoms with Gasteiger partial charge in [0.2, 0.25) is 5.91 Å². The monoisotopic (exact) mass is 239 g/mol. The van der Waals surface area contributed by atoms with Crippen LogP contribution in [0.5, 0.6) is 0 Å². The van der Waals surface area contributed by atoms with E-state index in [1.54, 1.807) is 17.5 Å². The van der Waals surface area contributed by atoms with E-state index in [1.807, 2.05) is 12.3 Å². The number of rotatable bonds is 3. The predicted molar refractivity (Wildman–Crippen MR) is 64.2 cm³/mol. The van der Waals surface area contributed by atoms with Crippen molar-refractivity contribution < 1.29 is 4.79 Å². The van der Waals surface area contributed by atoms with Crippen molar-refractivity contribution >= 4 is 17.2 Å². The number of nitrogens with one attached hydrogen (secondary N) is 2. The molecule has 1 unspecified atom stereocenters. The fraction of sp³-hybridized carbons (Fsp3) is 0.636. The van der Waals surface area contributed by atoms with E-state index in [-0.39, 0.29) is 5.91 Å². The molecule has 0 aromatic carbocycles. The Morgan fingerprint density at radius 1 is 1.69 bits per heavy atom. The third-order valence-electron chi connectivity index (χ3n) is 3.00. The molecule has 1 atom stereocenters. The van der Waals surface area contributed by atoms with Crippen LogP contribution in [0.2, 0.25) is 0 Å². The van der Waals surface area contributed by atoms with E-state index in [2.05, 4.69) is 15.6 Å². The van der Waals surface area contributed by atoms with Crippen molar-refractivity contribution in [3.8, 4) is 0 Å². The number of aromatic nitrogens is 1. The van der Waals surface area contributed by atoms with Crippen molar-refractivity contribution in [1.82, 2.24) is 15.6 Å². The normalized spacial score (nSPS) is 25.3. The highest BCUT2D eigenvalue weighted by atomic mass is 32.1. The van der Waals surface area contributed by atoms with Crippen molar-refractivity contribution in [2.75, 3.05) is 6.54 Å². The molecule has 2 N–H and O–H groups in total. The summed E-state index contributed by atoms with van der Waals surface area (Å²) in [4.78, 5) is 16.2. The van der Waals surface area contributed by atoms with Gasteiger partial charge < -0.3 is 10.6 Å². The summed E-state index contributed by atoms with van der Waals surface area (Å²) in [5, 5.41) is 9.11. The van der Waals surface area contributed by atoms with E-state index in [1.165, 1.54) is 0 Å². The van der Waals surface area contributed by atoms with Crippen molar-refractivity contribution in [1.29, 1.82) is 0 Å². The van der Waals surface area contributed by atoms with Crippen LogP contribution in [-0.2, 0) is 11.3 Å². The average Bonchev–Trinajstić information content (AvgIpc) is 2.79. The van der Waals surface area contributed by atoms with Gasteiger partial charge in [0, 0.05) is 11.6 Å². The molecule has 1 aliphatic rings. The molecule has 2 rings (SSSR count). The third kappa shape index (κ3) is 2.59. The van der Waals surface area contributed by atoms with Gasteiger partial charge in [0.1, 0.15) is 5.01 Å². The van der Waals surface area contributed by atoms with Crippen molar-refractivity contribution in [3.63, 3.8) is 0 Å². The smallest absolute Gasteiger partial charge is 0.240 e. The summed E-state index contributed by atoms with van der Waals surface area (Å²) in [6.07, 6.45) is 4.95. The van der Waals surface area contributed by atoms with Crippen LogP contribution in [0.4, 0.5) is 0 Å². The lowest BCUT2D eigenvalue weighted by molar-refractivity contribution is -0.128. The summed E-state index contributed by atoms with van der Waals surface area (Å²) in [5.74, 6) is 0.0856. The standard InChI is InChI=1S/C11H17N3OS/c1-11(4-2-3-5-14-11)10(15)13-8-9-12-6-7-16-9/h6-7,14H,2-5,8H2,1H3,(H,13,15). The van der Waals surface area contributed by atoms with Gasteiger partial charge in [-0.3, -0.25) is 4.79 Å². The maximum absolute atomic E-state index is 12.0. The Morgan fingerprint density at radius 3 is 3.19 bits per heavy atom. The van der Waals surface area contributed by atoms with Crippen molar-refractivity contribution in [3.05, 3.63) is 16.6 Å². The number of amides is 1. The zero-order valence-electron chi connectivity index (χ0n) is 9.45. The Kier molecular flexibility index (Phi) is 3.56. The quantitative estimate of drug-likeness (QED) is 0.835. The second-order valence-corrected chi connectivity index (χ2v) is 5.30. The number of carbonyl (C=O) groups excluding carboxylic acids is 1. The summed E-state index contributed by atoms with van der Waals surface area (Å²) in [5.41, 5.74) is -0.393. The highest BCUT2D eigenvalue weighted by Crippen LogP contribution is 2.18. The molecule has 0 saturated carbocycles. The van der Waals surface area contributed by atoms with E-state index in [9.17, 15) is 4.79 Å². The number of hydrogen-bond donors (Lipinski definition) is 2. The van der Waals surface area contributed by atoms with Gasteiger partial charge in [0.25, 0.3) is 0 Å². The van der Waals surface area contributed by atoms with Crippen LogP contribution in [0, 0.1) is 0 Å². The molecule has 5 heteroatoms. The van der Waals surface area contributed by atoms with Crippen LogP contribution in [0.15, 0.2) is 11.6 Å². The minimum Gasteiger partial charge on any atom is -0.348 e. The first kappa shape index (κ1) is 11.5. The van der Waals surface area contributed by atoms with Gasteiger partial charge in [-0.2, -0.15) is 0 Å². The highest BCUT2D eigenvalue weighted by molar-refractivity contribution is 7.09. The zero-order valence-corrected chi connectivity index (χ0v) is 10.3. The first-order chi connectivity index (χ1) is 7.71. The Balaban J connectivity index is 1.87. The minimum atomic E-state index is -0.393. The second-order valence-electron chi connectivity index (χ2n) is 4.32. The molecule has 1 aromatic rings. The molecule has 0 spiro atoms. The van der Waals surface area contributed by atoms with Crippen molar-refractivity contribution in [2.45, 2.75) is 38.3 Å². The molecular formula is C11H17N3OS. The third-order valence-corrected chi connectivity index (χ3v) is 3.78. The lowest BCUT2D eigenvalue weighted by Crippen LogP contribution is -2.56. The molecular weight excluding hydrogens is 222 g/mol. The van der Waals surface area contributed by atoms with Crippen LogP contribution < -0.4 is 10.6 Å². The lowest BCUT2D eigenvalue weighted by Gasteiger charge is -2.33. The van der Waals surface area contributed by atoms with E-state index in [0.717, 1.165) is 30.8 Å². The SMILES string of the molecule is CC1(C(=O)NCc2nccs2)CCCCN1. The first-order valence-electron chi connectivity index (χ1n) is 5.62. The van der Waals surface area contributed by atoms with Crippen molar-refractivity contribution in [2.24, 2.45) is 0 Å². The average molecular weight is 239 g/mol. The fourth-order valence-corrected chi connectivity index (χ4v) is 2.50. The van der Waals surface area contributed by atoms with Gasteiger partial charge in [-0.25, -0.2) is 4.98 Å². The summed E-state index contributed by atoms with van der Waals surface area (Å²) in [6, 6.07) is 0. The van der Waals surface area contributed by atoms with Crippen LogP contribution in [0.25, 0.3) is 0 Å². The molecule has 1 aliphatic heterocycles.